The Morgan fingerprint density at radius 2 is 1.58 bits per heavy atom. The minimum Gasteiger partial charge on any atom is -0.116 e. The van der Waals surface area contributed by atoms with Crippen LogP contribution < -0.4 is 0 Å². The number of hydrogen-bond acceptors (Lipinski definition) is 0. The Labute approximate surface area is 96.4 Å². The fraction of sp³-hybridized carbons (Fsp3) is 1.00. The second-order valence-corrected chi connectivity index (χ2v) is 7.04. The fourth-order valence-corrected chi connectivity index (χ4v) is 4.07. The Morgan fingerprint density at radius 3 is 1.83 bits per heavy atom. The first-order chi connectivity index (χ1) is 5.31. The van der Waals surface area contributed by atoms with Gasteiger partial charge in [0.15, 0.2) is 8.67 Å². The summed E-state index contributed by atoms with van der Waals surface area (Å²) in [5.41, 5.74) is 0. The lowest BCUT2D eigenvalue weighted by Gasteiger charge is -2.40. The molecule has 2 saturated carbocycles. The van der Waals surface area contributed by atoms with Gasteiger partial charge >= 0.3 is 0 Å². The predicted octanol–water partition coefficient (Wildman–Crippen LogP) is 4.13. The summed E-state index contributed by atoms with van der Waals surface area (Å²) in [5, 5.41) is 0. The van der Waals surface area contributed by atoms with E-state index in [9.17, 15) is 0 Å². The molecule has 0 aliphatic heterocycles. The van der Waals surface area contributed by atoms with Gasteiger partial charge in [-0.25, -0.2) is 0 Å². The van der Waals surface area contributed by atoms with Crippen molar-refractivity contribution in [1.82, 2.24) is 0 Å². The van der Waals surface area contributed by atoms with Crippen LogP contribution in [0.4, 0.5) is 0 Å². The molecule has 0 radical (unpaired) electrons. The van der Waals surface area contributed by atoms with Crippen molar-refractivity contribution in [3.8, 4) is 0 Å². The molecule has 0 N–H and O–H groups in total. The average Bonchev–Trinajstić information content (AvgIpc) is 2.36. The third-order valence-electron chi connectivity index (χ3n) is 2.95. The monoisotopic (exact) mass is 266 g/mol. The average molecular weight is 268 g/mol. The minimum absolute atomic E-state index is 0.133. The zero-order valence-corrected chi connectivity index (χ0v) is 9.87. The SMILES string of the molecule is ClC12CCC(C1)C(Cl)(Cl)C2(Cl)Cl. The van der Waals surface area contributed by atoms with Crippen molar-refractivity contribution in [3.63, 3.8) is 0 Å². The molecule has 0 aromatic carbocycles. The molecule has 2 fully saturated rings. The van der Waals surface area contributed by atoms with Crippen LogP contribution in [0.2, 0.25) is 0 Å². The molecule has 2 unspecified atom stereocenters. The third kappa shape index (κ3) is 0.941. The molecule has 0 saturated heterocycles. The van der Waals surface area contributed by atoms with Crippen LogP contribution in [-0.4, -0.2) is 13.5 Å². The number of rotatable bonds is 0. The maximum Gasteiger partial charge on any atom is 0.170 e. The summed E-state index contributed by atoms with van der Waals surface area (Å²) in [7, 11) is 0. The maximum atomic E-state index is 6.24. The normalized spacial score (nSPS) is 48.2. The van der Waals surface area contributed by atoms with Crippen LogP contribution in [0.5, 0.6) is 0 Å². The summed E-state index contributed by atoms with van der Waals surface area (Å²) in [6, 6.07) is 0. The molecule has 12 heavy (non-hydrogen) atoms. The molecule has 70 valence electrons. The first-order valence-corrected chi connectivity index (χ1v) is 5.65. The standard InChI is InChI=1S/C7H7Cl5/c8-5-2-1-4(3-5)6(9,10)7(5,11)12/h4H,1-3H2. The Morgan fingerprint density at radius 1 is 1.00 bits per heavy atom. The summed E-state index contributed by atoms with van der Waals surface area (Å²) in [5.74, 6) is 0.133. The number of fused-ring (bicyclic) bond motifs is 2. The van der Waals surface area contributed by atoms with E-state index in [2.05, 4.69) is 0 Å². The molecule has 0 aromatic heterocycles. The van der Waals surface area contributed by atoms with Gasteiger partial charge in [-0.2, -0.15) is 0 Å². The zero-order chi connectivity index (χ0) is 9.20. The number of halogens is 5. The van der Waals surface area contributed by atoms with Gasteiger partial charge in [-0.05, 0) is 25.2 Å². The van der Waals surface area contributed by atoms with E-state index in [0.29, 0.717) is 6.42 Å². The van der Waals surface area contributed by atoms with E-state index in [1.54, 1.807) is 0 Å². The summed E-state index contributed by atoms with van der Waals surface area (Å²) in [4.78, 5) is -0.621. The molecule has 2 atom stereocenters. The lowest BCUT2D eigenvalue weighted by molar-refractivity contribution is 0.446. The molecule has 2 aliphatic rings. The van der Waals surface area contributed by atoms with Crippen LogP contribution in [0.25, 0.3) is 0 Å². The van der Waals surface area contributed by atoms with Gasteiger partial charge in [0.2, 0.25) is 0 Å². The van der Waals surface area contributed by atoms with Crippen molar-refractivity contribution in [3.05, 3.63) is 0 Å². The molecule has 2 aliphatic carbocycles. The van der Waals surface area contributed by atoms with Gasteiger partial charge in [0.05, 0.1) is 4.87 Å². The highest BCUT2D eigenvalue weighted by molar-refractivity contribution is 6.66. The quantitative estimate of drug-likeness (QED) is 0.580. The van der Waals surface area contributed by atoms with Crippen molar-refractivity contribution < 1.29 is 0 Å². The van der Waals surface area contributed by atoms with E-state index >= 15 is 0 Å². The Hall–Kier alpha value is 1.45. The van der Waals surface area contributed by atoms with Crippen molar-refractivity contribution in [2.45, 2.75) is 32.8 Å². The molecule has 2 rings (SSSR count). The van der Waals surface area contributed by atoms with Gasteiger partial charge in [0.25, 0.3) is 0 Å². The largest absolute Gasteiger partial charge is 0.170 e. The van der Waals surface area contributed by atoms with Crippen LogP contribution >= 0.6 is 58.0 Å². The second kappa shape index (κ2) is 2.52. The van der Waals surface area contributed by atoms with Gasteiger partial charge in [-0.3, -0.25) is 0 Å². The van der Waals surface area contributed by atoms with Crippen LogP contribution in [0.15, 0.2) is 0 Å². The van der Waals surface area contributed by atoms with Gasteiger partial charge in [-0.1, -0.05) is 46.4 Å². The lowest BCUT2D eigenvalue weighted by atomic mass is 9.98. The molecule has 2 bridgehead atoms. The number of hydrogen-bond donors (Lipinski definition) is 0. The molecule has 0 spiro atoms. The summed E-state index contributed by atoms with van der Waals surface area (Å²) >= 11 is 30.5. The predicted molar refractivity (Wildman–Crippen MR) is 54.8 cm³/mol. The highest BCUT2D eigenvalue weighted by Crippen LogP contribution is 2.70. The van der Waals surface area contributed by atoms with E-state index in [1.807, 2.05) is 0 Å². The minimum atomic E-state index is -1.21. The van der Waals surface area contributed by atoms with E-state index in [4.69, 9.17) is 58.0 Å². The van der Waals surface area contributed by atoms with Crippen molar-refractivity contribution in [2.24, 2.45) is 5.92 Å². The van der Waals surface area contributed by atoms with Crippen molar-refractivity contribution in [1.29, 1.82) is 0 Å². The van der Waals surface area contributed by atoms with E-state index in [-0.39, 0.29) is 5.92 Å². The van der Waals surface area contributed by atoms with Crippen molar-refractivity contribution in [2.75, 3.05) is 0 Å². The van der Waals surface area contributed by atoms with Crippen LogP contribution in [0.1, 0.15) is 19.3 Å². The Balaban J connectivity index is 2.46. The fourth-order valence-electron chi connectivity index (χ4n) is 2.15. The first kappa shape index (κ1) is 9.98. The molecule has 0 heterocycles. The zero-order valence-electron chi connectivity index (χ0n) is 6.09. The van der Waals surface area contributed by atoms with Gasteiger partial charge < -0.3 is 0 Å². The molecular formula is C7H7Cl5. The second-order valence-electron chi connectivity index (χ2n) is 3.60. The maximum absolute atomic E-state index is 6.24. The molecule has 0 nitrogen and oxygen atoms in total. The summed E-state index contributed by atoms with van der Waals surface area (Å²) in [6.45, 7) is 0. The highest BCUT2D eigenvalue weighted by Gasteiger charge is 2.73. The molecule has 0 aromatic rings. The smallest absolute Gasteiger partial charge is 0.116 e. The van der Waals surface area contributed by atoms with E-state index in [0.717, 1.165) is 12.8 Å². The Kier molecular flexibility index (Phi) is 2.10. The third-order valence-corrected chi connectivity index (χ3v) is 6.66. The van der Waals surface area contributed by atoms with Gasteiger partial charge in [0, 0.05) is 0 Å². The topological polar surface area (TPSA) is 0 Å². The summed E-state index contributed by atoms with van der Waals surface area (Å²) < 4.78 is -2.30. The Bertz CT molecular complexity index is 217. The first-order valence-electron chi connectivity index (χ1n) is 3.76. The molecule has 0 amide bonds. The van der Waals surface area contributed by atoms with Crippen LogP contribution in [0, 0.1) is 5.92 Å². The van der Waals surface area contributed by atoms with Gasteiger partial charge in [-0.15, -0.1) is 11.6 Å². The number of alkyl halides is 5. The van der Waals surface area contributed by atoms with E-state index < -0.39 is 13.5 Å². The van der Waals surface area contributed by atoms with Gasteiger partial charge in [0.1, 0.15) is 0 Å². The van der Waals surface area contributed by atoms with Crippen LogP contribution in [0.3, 0.4) is 0 Å². The lowest BCUT2D eigenvalue weighted by Crippen LogP contribution is -2.49. The molecule has 5 heteroatoms. The van der Waals surface area contributed by atoms with Crippen LogP contribution in [-0.2, 0) is 0 Å². The van der Waals surface area contributed by atoms with Crippen molar-refractivity contribution >= 4 is 58.0 Å². The van der Waals surface area contributed by atoms with E-state index in [1.165, 1.54) is 0 Å². The summed E-state index contributed by atoms with van der Waals surface area (Å²) in [6.07, 6.45) is 2.43. The highest BCUT2D eigenvalue weighted by atomic mass is 35.5. The molecular weight excluding hydrogens is 261 g/mol.